The van der Waals surface area contributed by atoms with Gasteiger partial charge in [0.2, 0.25) is 10.0 Å². The summed E-state index contributed by atoms with van der Waals surface area (Å²) in [6.07, 6.45) is 1.05. The molecule has 4 rings (SSSR count). The molecule has 274 valence electrons. The lowest BCUT2D eigenvalue weighted by atomic mass is 10.0. The molecule has 1 heterocycles. The van der Waals surface area contributed by atoms with Crippen molar-refractivity contribution in [3.63, 3.8) is 0 Å². The molecule has 15 heteroatoms. The Hall–Kier alpha value is -3.76. The summed E-state index contributed by atoms with van der Waals surface area (Å²) in [5, 5.41) is 10.2. The van der Waals surface area contributed by atoms with E-state index in [1.165, 1.54) is 67.6 Å². The highest BCUT2D eigenvalue weighted by Crippen LogP contribution is 2.30. The van der Waals surface area contributed by atoms with Gasteiger partial charge in [-0.15, -0.1) is 0 Å². The van der Waals surface area contributed by atoms with E-state index in [1.54, 1.807) is 13.0 Å². The number of anilines is 1. The van der Waals surface area contributed by atoms with E-state index in [2.05, 4.69) is 4.72 Å². The number of halogens is 1. The molecule has 0 spiro atoms. The van der Waals surface area contributed by atoms with Gasteiger partial charge in [0.05, 0.1) is 47.3 Å². The third-order valence-electron chi connectivity index (χ3n) is 8.63. The largest absolute Gasteiger partial charge is 0.497 e. The number of aliphatic hydroxyl groups excluding tert-OH is 1. The Labute approximate surface area is 294 Å². The third-order valence-corrected chi connectivity index (χ3v) is 11.9. The number of amides is 1. The van der Waals surface area contributed by atoms with Crippen LogP contribution in [0.3, 0.4) is 0 Å². The number of benzene rings is 3. The number of likely N-dealkylation sites (N-methyl/N-ethyl adjacent to an activating group) is 1. The molecule has 0 bridgehead atoms. The predicted molar refractivity (Wildman–Crippen MR) is 187 cm³/mol. The van der Waals surface area contributed by atoms with Crippen molar-refractivity contribution < 1.29 is 45.3 Å². The lowest BCUT2D eigenvalue weighted by molar-refractivity contribution is -0.00834. The van der Waals surface area contributed by atoms with E-state index in [-0.39, 0.29) is 52.6 Å². The monoisotopic (exact) mass is 735 g/mol. The Morgan fingerprint density at radius 1 is 1.02 bits per heavy atom. The highest BCUT2D eigenvalue weighted by molar-refractivity contribution is 7.92. The number of rotatable bonds is 10. The molecule has 1 amide bonds. The first-order valence-corrected chi connectivity index (χ1v) is 19.3. The summed E-state index contributed by atoms with van der Waals surface area (Å²) in [6.45, 7) is 5.35. The molecule has 3 aromatic carbocycles. The zero-order valence-electron chi connectivity index (χ0n) is 28.9. The molecule has 1 aliphatic rings. The van der Waals surface area contributed by atoms with Crippen LogP contribution in [-0.4, -0.2) is 95.8 Å². The van der Waals surface area contributed by atoms with E-state index < -0.39 is 49.8 Å². The van der Waals surface area contributed by atoms with Crippen LogP contribution in [0.4, 0.5) is 10.1 Å². The SMILES string of the molecule is COc1ccc(S(=O)(=O)Nc2ccc3c(c2)C(=O)N([C@@H](C)CO)C[C@@H](C)[C@H](CN(C)S(=O)(=O)c2ccc(F)cc2)OCCCC[C@H](C)O3)cc1. The molecular formula is C35H46FN3O9S2. The number of sulfonamides is 2. The summed E-state index contributed by atoms with van der Waals surface area (Å²) >= 11 is 0. The van der Waals surface area contributed by atoms with Crippen molar-refractivity contribution in [2.45, 2.75) is 68.1 Å². The number of aliphatic hydroxyl groups is 1. The first kappa shape index (κ1) is 39.0. The molecule has 2 N–H and O–H groups in total. The molecule has 0 radical (unpaired) electrons. The van der Waals surface area contributed by atoms with Crippen LogP contribution in [0.25, 0.3) is 0 Å². The van der Waals surface area contributed by atoms with E-state index >= 15 is 0 Å². The van der Waals surface area contributed by atoms with Gasteiger partial charge in [0.25, 0.3) is 15.9 Å². The highest BCUT2D eigenvalue weighted by Gasteiger charge is 2.32. The topological polar surface area (TPSA) is 152 Å². The maximum absolute atomic E-state index is 14.4. The van der Waals surface area contributed by atoms with Crippen molar-refractivity contribution in [3.8, 4) is 11.5 Å². The van der Waals surface area contributed by atoms with Gasteiger partial charge in [-0.05, 0) is 99.8 Å². The Morgan fingerprint density at radius 2 is 1.68 bits per heavy atom. The fourth-order valence-corrected chi connectivity index (χ4v) is 7.79. The Morgan fingerprint density at radius 3 is 2.32 bits per heavy atom. The van der Waals surface area contributed by atoms with Gasteiger partial charge in [0.15, 0.2) is 0 Å². The van der Waals surface area contributed by atoms with E-state index in [9.17, 15) is 31.1 Å². The molecule has 0 aromatic heterocycles. The average molecular weight is 736 g/mol. The summed E-state index contributed by atoms with van der Waals surface area (Å²) in [5.74, 6) is -0.752. The van der Waals surface area contributed by atoms with Gasteiger partial charge in [0, 0.05) is 38.3 Å². The second-order valence-corrected chi connectivity index (χ2v) is 16.3. The van der Waals surface area contributed by atoms with E-state index in [0.717, 1.165) is 22.9 Å². The van der Waals surface area contributed by atoms with Crippen LogP contribution in [0.2, 0.25) is 0 Å². The van der Waals surface area contributed by atoms with E-state index in [0.29, 0.717) is 25.2 Å². The molecule has 3 aromatic rings. The number of nitrogens with zero attached hydrogens (tertiary/aromatic N) is 2. The second-order valence-electron chi connectivity index (χ2n) is 12.5. The zero-order chi connectivity index (χ0) is 36.6. The minimum atomic E-state index is -4.04. The Bertz CT molecular complexity index is 1810. The van der Waals surface area contributed by atoms with Gasteiger partial charge >= 0.3 is 0 Å². The number of carbonyl (C=O) groups excluding carboxylic acids is 1. The van der Waals surface area contributed by atoms with E-state index in [1.807, 2.05) is 13.8 Å². The summed E-state index contributed by atoms with van der Waals surface area (Å²) < 4.78 is 88.0. The molecule has 0 saturated carbocycles. The van der Waals surface area contributed by atoms with Gasteiger partial charge in [-0.1, -0.05) is 6.92 Å². The molecular weight excluding hydrogens is 690 g/mol. The molecule has 12 nitrogen and oxygen atoms in total. The fourth-order valence-electron chi connectivity index (χ4n) is 5.56. The Kier molecular flexibility index (Phi) is 13.2. The van der Waals surface area contributed by atoms with Crippen molar-refractivity contribution in [2.75, 3.05) is 45.2 Å². The van der Waals surface area contributed by atoms with Crippen molar-refractivity contribution >= 4 is 31.6 Å². The van der Waals surface area contributed by atoms with Crippen LogP contribution in [-0.2, 0) is 24.8 Å². The lowest BCUT2D eigenvalue weighted by Gasteiger charge is -2.35. The van der Waals surface area contributed by atoms with Gasteiger partial charge in [-0.25, -0.2) is 21.2 Å². The third kappa shape index (κ3) is 9.72. The van der Waals surface area contributed by atoms with Crippen LogP contribution < -0.4 is 14.2 Å². The number of hydrogen-bond acceptors (Lipinski definition) is 9. The van der Waals surface area contributed by atoms with Crippen LogP contribution in [0.1, 0.15) is 50.4 Å². The van der Waals surface area contributed by atoms with E-state index in [4.69, 9.17) is 14.2 Å². The molecule has 0 aliphatic carbocycles. The second kappa shape index (κ2) is 17.0. The van der Waals surface area contributed by atoms with Gasteiger partial charge < -0.3 is 24.2 Å². The molecule has 1 aliphatic heterocycles. The first-order chi connectivity index (χ1) is 23.7. The van der Waals surface area contributed by atoms with Crippen molar-refractivity contribution in [1.82, 2.24) is 9.21 Å². The van der Waals surface area contributed by atoms with Gasteiger partial charge in [-0.3, -0.25) is 9.52 Å². The molecule has 0 saturated heterocycles. The van der Waals surface area contributed by atoms with Gasteiger partial charge in [-0.2, -0.15) is 4.31 Å². The van der Waals surface area contributed by atoms with Crippen molar-refractivity contribution in [1.29, 1.82) is 0 Å². The number of methoxy groups -OCH3 is 1. The number of hydrogen-bond donors (Lipinski definition) is 2. The maximum Gasteiger partial charge on any atom is 0.261 e. The number of carbonyl (C=O) groups is 1. The smallest absolute Gasteiger partial charge is 0.261 e. The Balaban J connectivity index is 1.67. The van der Waals surface area contributed by atoms with Crippen molar-refractivity contribution in [2.24, 2.45) is 5.92 Å². The average Bonchev–Trinajstić information content (AvgIpc) is 3.09. The summed E-state index contributed by atoms with van der Waals surface area (Å²) in [7, 11) is -5.13. The molecule has 4 atom stereocenters. The van der Waals surface area contributed by atoms with Crippen molar-refractivity contribution in [3.05, 3.63) is 78.1 Å². The number of fused-ring (bicyclic) bond motifs is 1. The first-order valence-electron chi connectivity index (χ1n) is 16.4. The quantitative estimate of drug-likeness (QED) is 0.301. The van der Waals surface area contributed by atoms with Gasteiger partial charge in [0.1, 0.15) is 17.3 Å². The molecule has 50 heavy (non-hydrogen) atoms. The van der Waals surface area contributed by atoms with Crippen LogP contribution >= 0.6 is 0 Å². The van der Waals surface area contributed by atoms with Crippen LogP contribution in [0.5, 0.6) is 11.5 Å². The normalized spacial score (nSPS) is 20.4. The highest BCUT2D eigenvalue weighted by atomic mass is 32.2. The minimum Gasteiger partial charge on any atom is -0.497 e. The summed E-state index contributed by atoms with van der Waals surface area (Å²) in [5.41, 5.74) is 0.216. The molecule has 0 fully saturated rings. The zero-order valence-corrected chi connectivity index (χ0v) is 30.5. The van der Waals surface area contributed by atoms with Crippen LogP contribution in [0.15, 0.2) is 76.5 Å². The fraction of sp³-hybridized carbons (Fsp3) is 0.457. The minimum absolute atomic E-state index is 0.00334. The predicted octanol–water partition coefficient (Wildman–Crippen LogP) is 4.75. The van der Waals surface area contributed by atoms with Crippen LogP contribution in [0, 0.1) is 11.7 Å². The molecule has 0 unspecified atom stereocenters. The summed E-state index contributed by atoms with van der Waals surface area (Å²) in [4.78, 5) is 15.8. The standard InChI is InChI=1S/C35H46FN3O9S2/c1-24-21-39(25(2)23-40)35(41)32-20-28(37-49(42,43)30-16-12-29(46-5)13-17-30)11-18-33(32)48-26(3)8-6-7-19-47-34(24)22-38(4)50(44,45)31-14-9-27(36)10-15-31/h9-18,20,24-26,34,37,40H,6-8,19,21-23H2,1-5H3/t24-,25+,26+,34+/m1/s1. The maximum atomic E-state index is 14.4. The lowest BCUT2D eigenvalue weighted by Crippen LogP contribution is -2.48. The number of ether oxygens (including phenoxy) is 3. The summed E-state index contributed by atoms with van der Waals surface area (Å²) in [6, 6.07) is 14.2. The number of nitrogens with one attached hydrogen (secondary N) is 1.